The first-order valence-electron chi connectivity index (χ1n) is 12.5. The largest absolute Gasteiger partial charge is 1.00 e. The molecule has 30 heavy (non-hydrogen) atoms. The minimum Gasteiger partial charge on any atom is -0.748 e. The maximum absolute atomic E-state index is 11.5. The van der Waals surface area contributed by atoms with E-state index < -0.39 is 15.4 Å². The zero-order valence-electron chi connectivity index (χ0n) is 20.4. The number of unbranched alkanes of at least 4 members (excludes halogenated alkanes) is 15. The van der Waals surface area contributed by atoms with E-state index in [9.17, 15) is 18.1 Å². The molecule has 0 rings (SSSR count). The molecule has 0 bridgehead atoms. The summed E-state index contributed by atoms with van der Waals surface area (Å²) in [5, 5.41) is 8.55. The van der Waals surface area contributed by atoms with Gasteiger partial charge < -0.3 is 9.66 Å². The van der Waals surface area contributed by atoms with Gasteiger partial charge in [0.25, 0.3) is 0 Å². The molecule has 2 atom stereocenters. The van der Waals surface area contributed by atoms with E-state index in [-0.39, 0.29) is 57.5 Å². The number of rotatable bonds is 22. The van der Waals surface area contributed by atoms with Gasteiger partial charge in [-0.1, -0.05) is 116 Å². The molecule has 0 saturated carbocycles. The molecule has 0 aliphatic carbocycles. The predicted octanol–water partition coefficient (Wildman–Crippen LogP) is 4.11. The van der Waals surface area contributed by atoms with Gasteiger partial charge >= 0.3 is 51.4 Å². The summed E-state index contributed by atoms with van der Waals surface area (Å²) >= 11 is 0. The number of hydrogen-bond donors (Lipinski definition) is 1. The summed E-state index contributed by atoms with van der Waals surface area (Å²) in [4.78, 5) is 0. The van der Waals surface area contributed by atoms with Gasteiger partial charge in [-0.25, -0.2) is 8.42 Å². The summed E-state index contributed by atoms with van der Waals surface area (Å²) in [7, 11) is -4.15. The molecule has 0 radical (unpaired) electrons. The predicted molar refractivity (Wildman–Crippen MR) is 123 cm³/mol. The van der Waals surface area contributed by atoms with Crippen LogP contribution in [0.1, 0.15) is 142 Å². The molecule has 0 aliphatic heterocycles. The van der Waals surface area contributed by atoms with Crippen molar-refractivity contribution in [1.82, 2.24) is 0 Å². The van der Waals surface area contributed by atoms with Gasteiger partial charge in [-0.2, -0.15) is 0 Å². The fourth-order valence-corrected chi connectivity index (χ4v) is 4.90. The Bertz CT molecular complexity index is 440. The summed E-state index contributed by atoms with van der Waals surface area (Å²) in [6, 6.07) is 0. The van der Waals surface area contributed by atoms with E-state index in [1.165, 1.54) is 64.2 Å². The molecule has 0 heterocycles. The van der Waals surface area contributed by atoms with Crippen LogP contribution in [0.15, 0.2) is 0 Å². The normalized spacial score (nSPS) is 13.7. The van der Waals surface area contributed by atoms with Crippen LogP contribution < -0.4 is 51.4 Å². The van der Waals surface area contributed by atoms with Crippen molar-refractivity contribution in [3.8, 4) is 0 Å². The molecule has 0 saturated heterocycles. The van der Waals surface area contributed by atoms with Gasteiger partial charge in [0.2, 0.25) is 0 Å². The Kier molecular flexibility index (Phi) is 26.6. The van der Waals surface area contributed by atoms with Crippen molar-refractivity contribution < 1.29 is 69.5 Å². The Labute approximate surface area is 230 Å². The molecule has 0 fully saturated rings. The third kappa shape index (κ3) is 24.2. The van der Waals surface area contributed by atoms with Gasteiger partial charge in [0.05, 0.1) is 16.2 Å². The van der Waals surface area contributed by atoms with E-state index in [0.717, 1.165) is 51.4 Å². The molecular weight excluding hydrogens is 423 g/mol. The van der Waals surface area contributed by atoms with E-state index in [4.69, 9.17) is 0 Å². The monoisotopic (exact) mass is 472 g/mol. The van der Waals surface area contributed by atoms with E-state index in [1.807, 2.05) is 6.92 Å². The molecule has 0 aromatic carbocycles. The van der Waals surface area contributed by atoms with Gasteiger partial charge in [-0.3, -0.25) is 0 Å². The Morgan fingerprint density at radius 1 is 0.633 bits per heavy atom. The van der Waals surface area contributed by atoms with Gasteiger partial charge in [-0.05, 0) is 26.2 Å². The molecule has 0 aromatic rings. The quantitative estimate of drug-likeness (QED) is 0.146. The summed E-state index contributed by atoms with van der Waals surface area (Å²) in [6.45, 7) is 4.06. The fraction of sp³-hybridized carbons (Fsp3) is 1.00. The summed E-state index contributed by atoms with van der Waals surface area (Å²) in [6.07, 6.45) is 21.5. The van der Waals surface area contributed by atoms with Crippen LogP contribution >= 0.6 is 0 Å². The SMILES string of the molecule is CCCCCCCCCCC(CCCCCCCCCCCC(C)O)S(=O)(=O)[O-].[K+]. The molecule has 4 nitrogen and oxygen atoms in total. The van der Waals surface area contributed by atoms with Gasteiger partial charge in [0.15, 0.2) is 0 Å². The van der Waals surface area contributed by atoms with Crippen molar-refractivity contribution >= 4 is 10.1 Å². The van der Waals surface area contributed by atoms with Crippen LogP contribution in [0.5, 0.6) is 0 Å². The second-order valence-electron chi connectivity index (χ2n) is 8.99. The Hall–Kier alpha value is 1.51. The number of hydrogen-bond acceptors (Lipinski definition) is 4. The van der Waals surface area contributed by atoms with Gasteiger partial charge in [0.1, 0.15) is 0 Å². The number of aliphatic hydroxyl groups excluding tert-OH is 1. The molecule has 1 N–H and O–H groups in total. The second-order valence-corrected chi connectivity index (χ2v) is 10.6. The fourth-order valence-electron chi connectivity index (χ4n) is 3.99. The van der Waals surface area contributed by atoms with E-state index in [1.54, 1.807) is 0 Å². The van der Waals surface area contributed by atoms with Crippen molar-refractivity contribution in [2.75, 3.05) is 0 Å². The van der Waals surface area contributed by atoms with Crippen LogP contribution in [0.4, 0.5) is 0 Å². The summed E-state index contributed by atoms with van der Waals surface area (Å²) in [5.41, 5.74) is 0. The van der Waals surface area contributed by atoms with Crippen LogP contribution in [0.3, 0.4) is 0 Å². The van der Waals surface area contributed by atoms with E-state index in [2.05, 4.69) is 6.92 Å². The molecule has 6 heteroatoms. The van der Waals surface area contributed by atoms with Gasteiger partial charge in [-0.15, -0.1) is 0 Å². The first-order valence-corrected chi connectivity index (χ1v) is 14.0. The summed E-state index contributed by atoms with van der Waals surface area (Å²) in [5.74, 6) is 0. The van der Waals surface area contributed by atoms with Crippen molar-refractivity contribution in [2.24, 2.45) is 0 Å². The molecule has 0 spiro atoms. The van der Waals surface area contributed by atoms with Crippen LogP contribution in [0, 0.1) is 0 Å². The maximum Gasteiger partial charge on any atom is 1.00 e. The standard InChI is InChI=1S/C24H50O4S.K/c1-3-4-5-6-7-12-15-18-21-24(29(26,27)28)22-19-16-13-10-8-9-11-14-17-20-23(2)25;/h23-25H,3-22H2,1-2H3,(H,26,27,28);/q;+1/p-1. The minimum absolute atomic E-state index is 0. The van der Waals surface area contributed by atoms with Gasteiger partial charge in [0, 0.05) is 5.25 Å². The first kappa shape index (κ1) is 33.7. The van der Waals surface area contributed by atoms with Crippen LogP contribution in [-0.2, 0) is 10.1 Å². The smallest absolute Gasteiger partial charge is 0.748 e. The van der Waals surface area contributed by atoms with Crippen LogP contribution in [0.25, 0.3) is 0 Å². The van der Waals surface area contributed by atoms with E-state index >= 15 is 0 Å². The Morgan fingerprint density at radius 2 is 0.933 bits per heavy atom. The van der Waals surface area contributed by atoms with Crippen molar-refractivity contribution in [3.63, 3.8) is 0 Å². The van der Waals surface area contributed by atoms with E-state index in [0.29, 0.717) is 12.8 Å². The van der Waals surface area contributed by atoms with Crippen molar-refractivity contribution in [3.05, 3.63) is 0 Å². The minimum atomic E-state index is -4.15. The topological polar surface area (TPSA) is 77.4 Å². The van der Waals surface area contributed by atoms with Crippen LogP contribution in [0.2, 0.25) is 0 Å². The molecule has 0 aromatic heterocycles. The second kappa shape index (κ2) is 23.7. The van der Waals surface area contributed by atoms with Crippen LogP contribution in [-0.4, -0.2) is 29.4 Å². The molecule has 0 aliphatic rings. The molecule has 0 amide bonds. The third-order valence-corrected chi connectivity index (χ3v) is 7.22. The first-order chi connectivity index (χ1) is 13.9. The maximum atomic E-state index is 11.5. The molecular formula is C24H49KO4S. The molecule has 2 unspecified atom stereocenters. The summed E-state index contributed by atoms with van der Waals surface area (Å²) < 4.78 is 34.6. The average Bonchev–Trinajstić information content (AvgIpc) is 2.65. The zero-order valence-corrected chi connectivity index (χ0v) is 24.3. The van der Waals surface area contributed by atoms with Crippen molar-refractivity contribution in [2.45, 2.75) is 154 Å². The zero-order chi connectivity index (χ0) is 21.8. The van der Waals surface area contributed by atoms with Crippen molar-refractivity contribution in [1.29, 1.82) is 0 Å². The average molecular weight is 473 g/mol. The Balaban J connectivity index is 0. The Morgan fingerprint density at radius 3 is 1.23 bits per heavy atom. The number of aliphatic hydroxyl groups is 1. The molecule has 176 valence electrons. The third-order valence-electron chi connectivity index (χ3n) is 5.94.